The van der Waals surface area contributed by atoms with Crippen molar-refractivity contribution in [1.29, 1.82) is 0 Å². The zero-order valence-corrected chi connectivity index (χ0v) is 11.6. The van der Waals surface area contributed by atoms with Crippen LogP contribution >= 0.6 is 0 Å². The molecule has 0 saturated heterocycles. The van der Waals surface area contributed by atoms with Crippen LogP contribution in [0.3, 0.4) is 0 Å². The molecule has 1 N–H and O–H groups in total. The second-order valence-electron chi connectivity index (χ2n) is 4.41. The van der Waals surface area contributed by atoms with E-state index in [4.69, 9.17) is 9.84 Å². The number of aryl methyl sites for hydroxylation is 1. The molecule has 22 heavy (non-hydrogen) atoms. The van der Waals surface area contributed by atoms with Gasteiger partial charge in [0, 0.05) is 18.2 Å². The molecule has 1 aromatic heterocycles. The molecule has 0 saturated carbocycles. The van der Waals surface area contributed by atoms with E-state index >= 15 is 0 Å². The molecular weight excluding hydrogens is 288 g/mol. The van der Waals surface area contributed by atoms with Gasteiger partial charge in [-0.2, -0.15) is 0 Å². The standard InChI is InChI=1S/C15H12N2O5/c1-10-8-11(3-7-15(18)19)2-5-13(10)22-14-6-4-12(9-16-14)17(20)21/h2-9H,1H3,(H,18,19). The predicted molar refractivity (Wildman–Crippen MR) is 78.8 cm³/mol. The molecule has 2 rings (SSSR count). The lowest BCUT2D eigenvalue weighted by atomic mass is 10.1. The van der Waals surface area contributed by atoms with Gasteiger partial charge in [-0.15, -0.1) is 0 Å². The van der Waals surface area contributed by atoms with Crippen molar-refractivity contribution in [3.8, 4) is 11.6 Å². The van der Waals surface area contributed by atoms with Gasteiger partial charge in [-0.3, -0.25) is 10.1 Å². The highest BCUT2D eigenvalue weighted by molar-refractivity contribution is 5.85. The van der Waals surface area contributed by atoms with Gasteiger partial charge in [0.05, 0.1) is 4.92 Å². The zero-order valence-electron chi connectivity index (χ0n) is 11.6. The lowest BCUT2D eigenvalue weighted by Crippen LogP contribution is -1.93. The van der Waals surface area contributed by atoms with Crippen LogP contribution in [-0.4, -0.2) is 21.0 Å². The van der Waals surface area contributed by atoms with Crippen LogP contribution < -0.4 is 4.74 Å². The minimum atomic E-state index is -1.02. The van der Waals surface area contributed by atoms with Crippen LogP contribution in [0.15, 0.2) is 42.6 Å². The highest BCUT2D eigenvalue weighted by Crippen LogP contribution is 2.25. The zero-order chi connectivity index (χ0) is 16.1. The predicted octanol–water partition coefficient (Wildman–Crippen LogP) is 3.19. The van der Waals surface area contributed by atoms with E-state index in [0.717, 1.165) is 23.4 Å². The summed E-state index contributed by atoms with van der Waals surface area (Å²) in [6.07, 6.45) is 3.64. The minimum absolute atomic E-state index is 0.113. The van der Waals surface area contributed by atoms with Crippen LogP contribution in [0.2, 0.25) is 0 Å². The van der Waals surface area contributed by atoms with Crippen molar-refractivity contribution in [3.63, 3.8) is 0 Å². The summed E-state index contributed by atoms with van der Waals surface area (Å²) in [5.74, 6) is -0.246. The number of hydrogen-bond donors (Lipinski definition) is 1. The van der Waals surface area contributed by atoms with Crippen molar-refractivity contribution < 1.29 is 19.6 Å². The Balaban J connectivity index is 2.16. The first kappa shape index (κ1) is 15.2. The van der Waals surface area contributed by atoms with E-state index in [2.05, 4.69) is 4.98 Å². The van der Waals surface area contributed by atoms with Crippen LogP contribution in [0.25, 0.3) is 6.08 Å². The molecule has 0 radical (unpaired) electrons. The molecule has 112 valence electrons. The number of carbonyl (C=O) groups is 1. The number of benzene rings is 1. The molecule has 0 aliphatic rings. The third-order valence-corrected chi connectivity index (χ3v) is 2.76. The van der Waals surface area contributed by atoms with E-state index < -0.39 is 10.9 Å². The molecule has 0 bridgehead atoms. The van der Waals surface area contributed by atoms with Crippen molar-refractivity contribution >= 4 is 17.7 Å². The number of carboxylic acids is 1. The average Bonchev–Trinajstić information content (AvgIpc) is 2.48. The van der Waals surface area contributed by atoms with Crippen molar-refractivity contribution in [2.45, 2.75) is 6.92 Å². The van der Waals surface area contributed by atoms with Crippen LogP contribution in [0.5, 0.6) is 11.6 Å². The number of ether oxygens (including phenoxy) is 1. The van der Waals surface area contributed by atoms with Gasteiger partial charge in [0.15, 0.2) is 0 Å². The second kappa shape index (κ2) is 6.49. The number of carboxylic acid groups (broad SMARTS) is 1. The van der Waals surface area contributed by atoms with Gasteiger partial charge < -0.3 is 9.84 Å². The Bertz CT molecular complexity index is 738. The number of pyridine rings is 1. The molecule has 0 atom stereocenters. The van der Waals surface area contributed by atoms with Gasteiger partial charge in [-0.25, -0.2) is 9.78 Å². The van der Waals surface area contributed by atoms with E-state index in [9.17, 15) is 14.9 Å². The largest absolute Gasteiger partial charge is 0.478 e. The van der Waals surface area contributed by atoms with Crippen molar-refractivity contribution in [2.75, 3.05) is 0 Å². The van der Waals surface area contributed by atoms with E-state index in [1.807, 2.05) is 0 Å². The minimum Gasteiger partial charge on any atom is -0.478 e. The third-order valence-electron chi connectivity index (χ3n) is 2.76. The lowest BCUT2D eigenvalue weighted by Gasteiger charge is -2.08. The van der Waals surface area contributed by atoms with Gasteiger partial charge >= 0.3 is 5.97 Å². The number of rotatable bonds is 5. The first-order valence-electron chi connectivity index (χ1n) is 6.25. The molecular formula is C15H12N2O5. The number of hydrogen-bond acceptors (Lipinski definition) is 5. The van der Waals surface area contributed by atoms with Crippen molar-refractivity contribution in [3.05, 3.63) is 63.8 Å². The Hall–Kier alpha value is -3.22. The second-order valence-corrected chi connectivity index (χ2v) is 4.41. The average molecular weight is 300 g/mol. The maximum atomic E-state index is 10.5. The summed E-state index contributed by atoms with van der Waals surface area (Å²) in [5.41, 5.74) is 1.40. The smallest absolute Gasteiger partial charge is 0.328 e. The summed E-state index contributed by atoms with van der Waals surface area (Å²) >= 11 is 0. The van der Waals surface area contributed by atoms with Gasteiger partial charge in [-0.05, 0) is 36.3 Å². The third kappa shape index (κ3) is 3.89. The maximum Gasteiger partial charge on any atom is 0.328 e. The van der Waals surface area contributed by atoms with Crippen LogP contribution in [-0.2, 0) is 4.79 Å². The summed E-state index contributed by atoms with van der Waals surface area (Å²) in [4.78, 5) is 24.3. The fourth-order valence-corrected chi connectivity index (χ4v) is 1.71. The fraction of sp³-hybridized carbons (Fsp3) is 0.0667. The number of aliphatic carboxylic acids is 1. The SMILES string of the molecule is Cc1cc(C=CC(=O)O)ccc1Oc1ccc([N+](=O)[O-])cn1. The van der Waals surface area contributed by atoms with Gasteiger partial charge in [0.1, 0.15) is 11.9 Å². The van der Waals surface area contributed by atoms with E-state index in [-0.39, 0.29) is 11.6 Å². The number of nitrogens with zero attached hydrogens (tertiary/aromatic N) is 2. The molecule has 0 amide bonds. The van der Waals surface area contributed by atoms with E-state index in [1.54, 1.807) is 25.1 Å². The van der Waals surface area contributed by atoms with Crippen LogP contribution in [0, 0.1) is 17.0 Å². The molecule has 2 aromatic rings. The molecule has 7 nitrogen and oxygen atoms in total. The lowest BCUT2D eigenvalue weighted by molar-refractivity contribution is -0.385. The first-order chi connectivity index (χ1) is 10.5. The Morgan fingerprint density at radius 3 is 2.68 bits per heavy atom. The Morgan fingerprint density at radius 1 is 1.36 bits per heavy atom. The quantitative estimate of drug-likeness (QED) is 0.516. The van der Waals surface area contributed by atoms with Crippen molar-refractivity contribution in [2.24, 2.45) is 0 Å². The summed E-state index contributed by atoms with van der Waals surface area (Å²) in [6, 6.07) is 7.87. The van der Waals surface area contributed by atoms with Gasteiger partial charge in [0.25, 0.3) is 5.69 Å². The Labute approximate surface area is 125 Å². The number of nitro groups is 1. The molecule has 1 heterocycles. The summed E-state index contributed by atoms with van der Waals surface area (Å²) < 4.78 is 5.55. The van der Waals surface area contributed by atoms with Gasteiger partial charge in [-0.1, -0.05) is 6.07 Å². The molecule has 0 fully saturated rings. The summed E-state index contributed by atoms with van der Waals surface area (Å²) in [6.45, 7) is 1.80. The van der Waals surface area contributed by atoms with Crippen LogP contribution in [0.1, 0.15) is 11.1 Å². The fourth-order valence-electron chi connectivity index (χ4n) is 1.71. The van der Waals surface area contributed by atoms with Crippen molar-refractivity contribution in [1.82, 2.24) is 4.98 Å². The molecule has 7 heteroatoms. The molecule has 0 aliphatic heterocycles. The molecule has 0 aliphatic carbocycles. The van der Waals surface area contributed by atoms with E-state index in [1.165, 1.54) is 18.2 Å². The molecule has 1 aromatic carbocycles. The van der Waals surface area contributed by atoms with Crippen LogP contribution in [0.4, 0.5) is 5.69 Å². The normalized spacial score (nSPS) is 10.6. The van der Waals surface area contributed by atoms with E-state index in [0.29, 0.717) is 5.75 Å². The Morgan fingerprint density at radius 2 is 2.14 bits per heavy atom. The maximum absolute atomic E-state index is 10.5. The van der Waals surface area contributed by atoms with Gasteiger partial charge in [0.2, 0.25) is 5.88 Å². The molecule has 0 unspecified atom stereocenters. The summed E-state index contributed by atoms with van der Waals surface area (Å²) in [7, 11) is 0. The molecule has 0 spiro atoms. The highest BCUT2D eigenvalue weighted by Gasteiger charge is 2.07. The first-order valence-corrected chi connectivity index (χ1v) is 6.25. The topological polar surface area (TPSA) is 103 Å². The number of aromatic nitrogens is 1. The monoisotopic (exact) mass is 300 g/mol. The Kier molecular flexibility index (Phi) is 4.47. The summed E-state index contributed by atoms with van der Waals surface area (Å²) in [5, 5.41) is 19.1. The highest BCUT2D eigenvalue weighted by atomic mass is 16.6.